The van der Waals surface area contributed by atoms with Gasteiger partial charge in [0.1, 0.15) is 0 Å². The van der Waals surface area contributed by atoms with Crippen molar-refractivity contribution in [3.63, 3.8) is 0 Å². The van der Waals surface area contributed by atoms with Gasteiger partial charge in [-0.2, -0.15) is 0 Å². The summed E-state index contributed by atoms with van der Waals surface area (Å²) in [4.78, 5) is 0. The van der Waals surface area contributed by atoms with Gasteiger partial charge in [0.15, 0.2) is 0 Å². The van der Waals surface area contributed by atoms with E-state index in [0.717, 1.165) is 5.92 Å². The van der Waals surface area contributed by atoms with Crippen LogP contribution in [0.25, 0.3) is 0 Å². The summed E-state index contributed by atoms with van der Waals surface area (Å²) in [5.41, 5.74) is 0.687. The highest BCUT2D eigenvalue weighted by atomic mass is 15.1. The molecule has 1 atom stereocenters. The summed E-state index contributed by atoms with van der Waals surface area (Å²) in [6.07, 6.45) is 1.29. The van der Waals surface area contributed by atoms with Crippen molar-refractivity contribution in [1.29, 1.82) is 0 Å². The predicted octanol–water partition coefficient (Wildman–Crippen LogP) is 2.17. The van der Waals surface area contributed by atoms with E-state index in [1.54, 1.807) is 0 Å². The monoisotopic (exact) mass is 141 g/mol. The normalized spacial score (nSPS) is 36.3. The average molecular weight is 141 g/mol. The van der Waals surface area contributed by atoms with Gasteiger partial charge in [0.05, 0.1) is 0 Å². The van der Waals surface area contributed by atoms with E-state index in [1.165, 1.54) is 6.42 Å². The molecule has 0 bridgehead atoms. The molecule has 0 spiro atoms. The summed E-state index contributed by atoms with van der Waals surface area (Å²) in [7, 11) is 0. The molecule has 0 aliphatic carbocycles. The Balaban J connectivity index is 2.71. The van der Waals surface area contributed by atoms with E-state index in [4.69, 9.17) is 0 Å². The van der Waals surface area contributed by atoms with E-state index >= 15 is 0 Å². The highest BCUT2D eigenvalue weighted by molar-refractivity contribution is 5.00. The number of hydrogen-bond donors (Lipinski definition) is 1. The lowest BCUT2D eigenvalue weighted by molar-refractivity contribution is 0.336. The van der Waals surface area contributed by atoms with Gasteiger partial charge in [-0.1, -0.05) is 6.92 Å². The summed E-state index contributed by atoms with van der Waals surface area (Å²) in [5, 5.41) is 3.62. The molecule has 1 nitrogen and oxygen atoms in total. The molecule has 1 aliphatic rings. The van der Waals surface area contributed by atoms with Gasteiger partial charge >= 0.3 is 0 Å². The molecule has 1 N–H and O–H groups in total. The van der Waals surface area contributed by atoms with Gasteiger partial charge < -0.3 is 5.32 Å². The molecule has 1 heteroatoms. The molecule has 0 aromatic rings. The summed E-state index contributed by atoms with van der Waals surface area (Å²) in [5.74, 6) is 0.794. The van der Waals surface area contributed by atoms with Crippen molar-refractivity contribution < 1.29 is 0 Å². The first-order valence-electron chi connectivity index (χ1n) is 4.13. The smallest absolute Gasteiger partial charge is 0.0156 e. The Kier molecular flexibility index (Phi) is 1.59. The van der Waals surface area contributed by atoms with Crippen molar-refractivity contribution in [2.75, 3.05) is 0 Å². The van der Waals surface area contributed by atoms with Gasteiger partial charge in [-0.15, -0.1) is 0 Å². The maximum absolute atomic E-state index is 3.62. The van der Waals surface area contributed by atoms with Crippen molar-refractivity contribution in [2.45, 2.75) is 52.1 Å². The number of hydrogen-bond acceptors (Lipinski definition) is 1. The van der Waals surface area contributed by atoms with Crippen LogP contribution in [-0.4, -0.2) is 11.1 Å². The summed E-state index contributed by atoms with van der Waals surface area (Å²) < 4.78 is 0. The lowest BCUT2D eigenvalue weighted by Crippen LogP contribution is -2.44. The first kappa shape index (κ1) is 8.06. The predicted molar refractivity (Wildman–Crippen MR) is 45.1 cm³/mol. The second kappa shape index (κ2) is 1.97. The quantitative estimate of drug-likeness (QED) is 0.545. The molecular formula is C9H19N. The molecule has 60 valence electrons. The van der Waals surface area contributed by atoms with E-state index in [-0.39, 0.29) is 0 Å². The van der Waals surface area contributed by atoms with Gasteiger partial charge in [-0.3, -0.25) is 0 Å². The zero-order valence-electron chi connectivity index (χ0n) is 7.78. The summed E-state index contributed by atoms with van der Waals surface area (Å²) in [6.45, 7) is 11.4. The minimum atomic E-state index is 0.337. The fourth-order valence-corrected chi connectivity index (χ4v) is 2.07. The fraction of sp³-hybridized carbons (Fsp3) is 1.00. The van der Waals surface area contributed by atoms with Gasteiger partial charge in [0.2, 0.25) is 0 Å². The third kappa shape index (κ3) is 1.34. The van der Waals surface area contributed by atoms with E-state index in [9.17, 15) is 0 Å². The molecule has 0 amide bonds. The van der Waals surface area contributed by atoms with Crippen molar-refractivity contribution in [3.05, 3.63) is 0 Å². The topological polar surface area (TPSA) is 12.0 Å². The van der Waals surface area contributed by atoms with Crippen LogP contribution in [0.1, 0.15) is 41.0 Å². The van der Waals surface area contributed by atoms with E-state index < -0.39 is 0 Å². The second-order valence-electron chi connectivity index (χ2n) is 4.84. The molecule has 1 saturated heterocycles. The van der Waals surface area contributed by atoms with Gasteiger partial charge in [0.25, 0.3) is 0 Å². The SMILES string of the molecule is C[C@H]1CC(C)(C)NC1(C)C. The van der Waals surface area contributed by atoms with Crippen LogP contribution in [0, 0.1) is 5.92 Å². The lowest BCUT2D eigenvalue weighted by atomic mass is 9.89. The maximum Gasteiger partial charge on any atom is 0.0156 e. The Morgan fingerprint density at radius 2 is 1.70 bits per heavy atom. The third-order valence-electron chi connectivity index (χ3n) is 2.71. The van der Waals surface area contributed by atoms with Gasteiger partial charge in [0, 0.05) is 11.1 Å². The molecule has 1 aliphatic heterocycles. The molecule has 1 heterocycles. The number of nitrogens with one attached hydrogen (secondary N) is 1. The largest absolute Gasteiger partial charge is 0.307 e. The first-order chi connectivity index (χ1) is 4.33. The Morgan fingerprint density at radius 3 is 1.80 bits per heavy atom. The van der Waals surface area contributed by atoms with Crippen LogP contribution in [0.4, 0.5) is 0 Å². The van der Waals surface area contributed by atoms with Crippen molar-refractivity contribution in [3.8, 4) is 0 Å². The zero-order chi connectivity index (χ0) is 7.99. The van der Waals surface area contributed by atoms with Crippen LogP contribution in [0.5, 0.6) is 0 Å². The van der Waals surface area contributed by atoms with Gasteiger partial charge in [-0.25, -0.2) is 0 Å². The molecule has 1 fully saturated rings. The van der Waals surface area contributed by atoms with Crippen LogP contribution in [0.3, 0.4) is 0 Å². The van der Waals surface area contributed by atoms with Crippen LogP contribution in [0.2, 0.25) is 0 Å². The maximum atomic E-state index is 3.62. The second-order valence-corrected chi connectivity index (χ2v) is 4.84. The van der Waals surface area contributed by atoms with Crippen molar-refractivity contribution >= 4 is 0 Å². The van der Waals surface area contributed by atoms with Crippen LogP contribution in [0.15, 0.2) is 0 Å². The summed E-state index contributed by atoms with van der Waals surface area (Å²) >= 11 is 0. The fourth-order valence-electron chi connectivity index (χ4n) is 2.07. The molecule has 0 aromatic carbocycles. The Labute approximate surface area is 64.2 Å². The average Bonchev–Trinajstić information content (AvgIpc) is 1.73. The molecule has 0 unspecified atom stereocenters. The minimum absolute atomic E-state index is 0.337. The molecule has 0 radical (unpaired) electrons. The molecular weight excluding hydrogens is 122 g/mol. The minimum Gasteiger partial charge on any atom is -0.307 e. The Bertz CT molecular complexity index is 136. The standard InChI is InChI=1S/C9H19N/c1-7-6-8(2,3)10-9(7,4)5/h7,10H,6H2,1-5H3/t7-/m0/s1. The highest BCUT2D eigenvalue weighted by Gasteiger charge is 2.40. The Hall–Kier alpha value is -0.0400. The molecule has 0 saturated carbocycles. The van der Waals surface area contributed by atoms with E-state index in [0.29, 0.717) is 11.1 Å². The van der Waals surface area contributed by atoms with Crippen molar-refractivity contribution in [2.24, 2.45) is 5.92 Å². The van der Waals surface area contributed by atoms with E-state index in [2.05, 4.69) is 39.9 Å². The summed E-state index contributed by atoms with van der Waals surface area (Å²) in [6, 6.07) is 0. The van der Waals surface area contributed by atoms with Crippen LogP contribution >= 0.6 is 0 Å². The number of rotatable bonds is 0. The highest BCUT2D eigenvalue weighted by Crippen LogP contribution is 2.34. The van der Waals surface area contributed by atoms with Crippen molar-refractivity contribution in [1.82, 2.24) is 5.32 Å². The van der Waals surface area contributed by atoms with Gasteiger partial charge in [-0.05, 0) is 40.0 Å². The molecule has 10 heavy (non-hydrogen) atoms. The van der Waals surface area contributed by atoms with Crippen LogP contribution < -0.4 is 5.32 Å². The van der Waals surface area contributed by atoms with Crippen LogP contribution in [-0.2, 0) is 0 Å². The zero-order valence-corrected chi connectivity index (χ0v) is 7.78. The molecule has 0 aromatic heterocycles. The van der Waals surface area contributed by atoms with E-state index in [1.807, 2.05) is 0 Å². The lowest BCUT2D eigenvalue weighted by Gasteiger charge is -2.26. The first-order valence-corrected chi connectivity index (χ1v) is 4.13. The Morgan fingerprint density at radius 1 is 1.20 bits per heavy atom. The molecule has 1 rings (SSSR count). The third-order valence-corrected chi connectivity index (χ3v) is 2.71.